The fourth-order valence-corrected chi connectivity index (χ4v) is 3.42. The van der Waals surface area contributed by atoms with E-state index in [2.05, 4.69) is 14.7 Å². The summed E-state index contributed by atoms with van der Waals surface area (Å²) in [4.78, 5) is 38.7. The van der Waals surface area contributed by atoms with Gasteiger partial charge < -0.3 is 14.9 Å². The van der Waals surface area contributed by atoms with Crippen molar-refractivity contribution in [3.05, 3.63) is 43.0 Å². The minimum absolute atomic E-state index is 0.0242. The zero-order valence-electron chi connectivity index (χ0n) is 13.5. The lowest BCUT2D eigenvalue weighted by Crippen LogP contribution is -2.30. The van der Waals surface area contributed by atoms with E-state index in [1.807, 2.05) is 19.0 Å². The van der Waals surface area contributed by atoms with E-state index in [0.717, 1.165) is 12.1 Å². The second kappa shape index (κ2) is 7.13. The first-order chi connectivity index (χ1) is 11.6. The van der Waals surface area contributed by atoms with E-state index < -0.39 is 36.6 Å². The highest BCUT2D eigenvalue weighted by Crippen LogP contribution is 2.27. The molecule has 0 amide bonds. The van der Waals surface area contributed by atoms with Crippen LogP contribution < -0.4 is 15.8 Å². The van der Waals surface area contributed by atoms with Crippen molar-refractivity contribution in [3.8, 4) is 0 Å². The molecule has 11 nitrogen and oxygen atoms in total. The number of rotatable bonds is 7. The number of fused-ring (bicyclic) bond motifs is 1. The number of sulfonamides is 1. The third kappa shape index (κ3) is 4.29. The number of H-pyrrole nitrogens is 2. The minimum Gasteiger partial charge on any atom is -0.316 e. The maximum absolute atomic E-state index is 12.4. The monoisotopic (exact) mass is 371 g/mol. The Kier molecular flexibility index (Phi) is 5.35. The Hall–Kier alpha value is -2.57. The molecule has 136 valence electrons. The number of nitrogens with one attached hydrogen (secondary N) is 3. The molecule has 0 fully saturated rings. The summed E-state index contributed by atoms with van der Waals surface area (Å²) in [5, 5.41) is 11.2. The van der Waals surface area contributed by atoms with Gasteiger partial charge in [0.05, 0.1) is 16.0 Å². The zero-order valence-corrected chi connectivity index (χ0v) is 14.3. The van der Waals surface area contributed by atoms with Crippen LogP contribution in [0.15, 0.2) is 26.6 Å². The second-order valence-electron chi connectivity index (χ2n) is 5.59. The summed E-state index contributed by atoms with van der Waals surface area (Å²) in [6, 6.07) is 1.86. The Morgan fingerprint density at radius 1 is 1.16 bits per heavy atom. The van der Waals surface area contributed by atoms with Gasteiger partial charge in [0.15, 0.2) is 4.90 Å². The van der Waals surface area contributed by atoms with Gasteiger partial charge in [0.25, 0.3) is 5.69 Å². The van der Waals surface area contributed by atoms with Gasteiger partial charge in [0.2, 0.25) is 10.0 Å². The van der Waals surface area contributed by atoms with Crippen LogP contribution in [0.25, 0.3) is 11.0 Å². The lowest BCUT2D eigenvalue weighted by molar-refractivity contribution is -0.387. The first-order valence-corrected chi connectivity index (χ1v) is 8.69. The van der Waals surface area contributed by atoms with E-state index in [1.54, 1.807) is 0 Å². The summed E-state index contributed by atoms with van der Waals surface area (Å²) in [7, 11) is -0.506. The Labute approximate surface area is 141 Å². The van der Waals surface area contributed by atoms with Gasteiger partial charge in [-0.2, -0.15) is 0 Å². The Bertz CT molecular complexity index is 1020. The number of benzene rings is 1. The molecular formula is C13H17N5O6S. The van der Waals surface area contributed by atoms with Crippen LogP contribution in [0, 0.1) is 10.1 Å². The van der Waals surface area contributed by atoms with Crippen LogP contribution in [0.5, 0.6) is 0 Å². The first-order valence-electron chi connectivity index (χ1n) is 7.21. The summed E-state index contributed by atoms with van der Waals surface area (Å²) in [6.45, 7) is 0.731. The maximum Gasteiger partial charge on any atom is 0.314 e. The van der Waals surface area contributed by atoms with Crippen LogP contribution >= 0.6 is 0 Å². The van der Waals surface area contributed by atoms with Crippen LogP contribution in [0.4, 0.5) is 5.69 Å². The largest absolute Gasteiger partial charge is 0.316 e. The van der Waals surface area contributed by atoms with Crippen molar-refractivity contribution in [3.63, 3.8) is 0 Å². The maximum atomic E-state index is 12.4. The van der Waals surface area contributed by atoms with Gasteiger partial charge in [-0.15, -0.1) is 0 Å². The number of nitro groups is 1. The molecule has 1 heterocycles. The van der Waals surface area contributed by atoms with Crippen LogP contribution in [0.3, 0.4) is 0 Å². The van der Waals surface area contributed by atoms with Crippen molar-refractivity contribution in [2.45, 2.75) is 11.3 Å². The molecule has 0 atom stereocenters. The van der Waals surface area contributed by atoms with Gasteiger partial charge in [-0.05, 0) is 33.1 Å². The molecule has 0 aliphatic carbocycles. The van der Waals surface area contributed by atoms with Gasteiger partial charge in [-0.3, -0.25) is 19.7 Å². The Morgan fingerprint density at radius 3 is 2.24 bits per heavy atom. The number of nitro benzene ring substituents is 1. The quantitative estimate of drug-likeness (QED) is 0.252. The van der Waals surface area contributed by atoms with E-state index in [9.17, 15) is 28.1 Å². The van der Waals surface area contributed by atoms with Crippen LogP contribution in [-0.2, 0) is 10.0 Å². The van der Waals surface area contributed by atoms with Crippen molar-refractivity contribution in [1.29, 1.82) is 0 Å². The summed E-state index contributed by atoms with van der Waals surface area (Å²) < 4.78 is 27.1. The van der Waals surface area contributed by atoms with E-state index in [0.29, 0.717) is 13.0 Å². The first kappa shape index (κ1) is 18.8. The van der Waals surface area contributed by atoms with E-state index in [4.69, 9.17) is 0 Å². The van der Waals surface area contributed by atoms with Gasteiger partial charge in [0, 0.05) is 12.6 Å². The minimum atomic E-state index is -4.17. The van der Waals surface area contributed by atoms with Crippen molar-refractivity contribution in [2.75, 3.05) is 27.2 Å². The van der Waals surface area contributed by atoms with E-state index >= 15 is 0 Å². The fraction of sp³-hybridized carbons (Fsp3) is 0.385. The molecule has 0 aliphatic heterocycles. The van der Waals surface area contributed by atoms with Gasteiger partial charge in [-0.1, -0.05) is 0 Å². The zero-order chi connectivity index (χ0) is 18.8. The average molecular weight is 371 g/mol. The molecule has 1 aromatic carbocycles. The molecule has 1 aromatic heterocycles. The molecule has 0 saturated heterocycles. The molecule has 2 rings (SSSR count). The average Bonchev–Trinajstić information content (AvgIpc) is 2.51. The summed E-state index contributed by atoms with van der Waals surface area (Å²) in [6.07, 6.45) is 0.512. The highest BCUT2D eigenvalue weighted by molar-refractivity contribution is 7.89. The Morgan fingerprint density at radius 2 is 1.72 bits per heavy atom. The third-order valence-electron chi connectivity index (χ3n) is 3.36. The summed E-state index contributed by atoms with van der Waals surface area (Å²) >= 11 is 0. The SMILES string of the molecule is CN(C)CCCNS(=O)(=O)c1cc2[nH]c(=O)c(=O)[nH]c2cc1[N+](=O)[O-]. The lowest BCUT2D eigenvalue weighted by Gasteiger charge is -2.11. The molecule has 0 saturated carbocycles. The Balaban J connectivity index is 2.49. The van der Waals surface area contributed by atoms with Gasteiger partial charge >= 0.3 is 11.1 Å². The van der Waals surface area contributed by atoms with Crippen LogP contribution in [-0.4, -0.2) is 55.4 Å². The molecule has 0 radical (unpaired) electrons. The highest BCUT2D eigenvalue weighted by atomic mass is 32.2. The molecule has 0 bridgehead atoms. The fourth-order valence-electron chi connectivity index (χ4n) is 2.17. The number of hydrogen-bond donors (Lipinski definition) is 3. The number of aromatic amines is 2. The van der Waals surface area contributed by atoms with Crippen molar-refractivity contribution in [2.24, 2.45) is 0 Å². The van der Waals surface area contributed by atoms with Crippen molar-refractivity contribution >= 4 is 26.7 Å². The standard InChI is InChI=1S/C13H17N5O6S/c1-17(2)5-3-4-14-25(23,24)11-7-9-8(6-10(11)18(21)22)15-12(19)13(20)16-9/h6-7,14H,3-5H2,1-2H3,(H,15,19)(H,16,20). The predicted molar refractivity (Wildman–Crippen MR) is 90.2 cm³/mol. The van der Waals surface area contributed by atoms with Crippen molar-refractivity contribution in [1.82, 2.24) is 19.6 Å². The molecule has 25 heavy (non-hydrogen) atoms. The third-order valence-corrected chi connectivity index (χ3v) is 4.85. The smallest absolute Gasteiger partial charge is 0.314 e. The number of nitrogens with zero attached hydrogens (tertiary/aromatic N) is 2. The normalized spacial score (nSPS) is 12.0. The van der Waals surface area contributed by atoms with E-state index in [-0.39, 0.29) is 17.6 Å². The van der Waals surface area contributed by atoms with Crippen LogP contribution in [0.1, 0.15) is 6.42 Å². The molecule has 3 N–H and O–H groups in total. The van der Waals surface area contributed by atoms with Crippen LogP contribution in [0.2, 0.25) is 0 Å². The van der Waals surface area contributed by atoms with Gasteiger partial charge in [0.1, 0.15) is 0 Å². The second-order valence-corrected chi connectivity index (χ2v) is 7.32. The molecule has 12 heteroatoms. The number of aromatic nitrogens is 2. The molecular weight excluding hydrogens is 354 g/mol. The molecule has 0 aliphatic rings. The van der Waals surface area contributed by atoms with E-state index in [1.165, 1.54) is 0 Å². The molecule has 2 aromatic rings. The van der Waals surface area contributed by atoms with Crippen molar-refractivity contribution < 1.29 is 13.3 Å². The summed E-state index contributed by atoms with van der Waals surface area (Å²) in [5.41, 5.74) is -2.73. The number of hydrogen-bond acceptors (Lipinski definition) is 7. The topological polar surface area (TPSA) is 158 Å². The highest BCUT2D eigenvalue weighted by Gasteiger charge is 2.27. The van der Waals surface area contributed by atoms with Gasteiger partial charge in [-0.25, -0.2) is 13.1 Å². The molecule has 0 unspecified atom stereocenters. The predicted octanol–water partition coefficient (Wildman–Crippen LogP) is -0.645. The summed E-state index contributed by atoms with van der Waals surface area (Å²) in [5.74, 6) is 0. The lowest BCUT2D eigenvalue weighted by atomic mass is 10.2. The molecule has 0 spiro atoms.